The smallest absolute Gasteiger partial charge is 0.273 e. The Kier molecular flexibility index (Phi) is 6.68. The minimum atomic E-state index is -0.402. The zero-order valence-electron chi connectivity index (χ0n) is 13.0. The number of ether oxygens (including phenoxy) is 1. The Morgan fingerprint density at radius 2 is 1.90 bits per heavy atom. The summed E-state index contributed by atoms with van der Waals surface area (Å²) in [5.41, 5.74) is 5.20. The van der Waals surface area contributed by atoms with Crippen molar-refractivity contribution in [3.05, 3.63) is 29.8 Å². The number of carbonyl (C=O) groups excluding carboxylic acids is 2. The zero-order chi connectivity index (χ0) is 15.8. The summed E-state index contributed by atoms with van der Waals surface area (Å²) in [7, 11) is 5.41. The van der Waals surface area contributed by atoms with Crippen LogP contribution in [0, 0.1) is 5.92 Å². The van der Waals surface area contributed by atoms with Gasteiger partial charge in [-0.3, -0.25) is 20.4 Å². The van der Waals surface area contributed by atoms with Crippen molar-refractivity contribution in [2.24, 2.45) is 5.92 Å². The maximum atomic E-state index is 12.0. The maximum absolute atomic E-state index is 12.0. The minimum absolute atomic E-state index is 0.211. The second-order valence-electron chi connectivity index (χ2n) is 5.27. The molecule has 0 radical (unpaired) electrons. The number of amides is 2. The van der Waals surface area contributed by atoms with Crippen LogP contribution < -0.4 is 15.6 Å². The van der Waals surface area contributed by atoms with Crippen molar-refractivity contribution in [1.82, 2.24) is 15.8 Å². The summed E-state index contributed by atoms with van der Waals surface area (Å²) in [5, 5.41) is 0. The normalized spacial score (nSPS) is 11.9. The highest BCUT2D eigenvalue weighted by molar-refractivity contribution is 5.97. The Morgan fingerprint density at radius 1 is 1.24 bits per heavy atom. The summed E-state index contributed by atoms with van der Waals surface area (Å²) < 4.78 is 5.10. The molecule has 1 atom stereocenters. The highest BCUT2D eigenvalue weighted by Crippen LogP contribution is 2.16. The van der Waals surface area contributed by atoms with Gasteiger partial charge in [0.05, 0.1) is 12.7 Å². The third-order valence-electron chi connectivity index (χ3n) is 2.88. The van der Waals surface area contributed by atoms with Crippen molar-refractivity contribution in [2.75, 3.05) is 27.7 Å². The topological polar surface area (TPSA) is 70.7 Å². The van der Waals surface area contributed by atoms with Crippen LogP contribution in [0.3, 0.4) is 0 Å². The molecule has 6 heteroatoms. The Morgan fingerprint density at radius 3 is 2.52 bits per heavy atom. The van der Waals surface area contributed by atoms with E-state index in [2.05, 4.69) is 10.9 Å². The first-order valence-electron chi connectivity index (χ1n) is 6.81. The minimum Gasteiger partial charge on any atom is -0.496 e. The SMILES string of the molecule is COc1ccccc1C(=O)NNC(=O)CC(C)CN(C)C. The Balaban J connectivity index is 2.47. The lowest BCUT2D eigenvalue weighted by atomic mass is 10.1. The Hall–Kier alpha value is -2.08. The van der Waals surface area contributed by atoms with Crippen LogP contribution >= 0.6 is 0 Å². The number of rotatable bonds is 6. The maximum Gasteiger partial charge on any atom is 0.273 e. The molecule has 1 rings (SSSR count). The molecule has 0 fully saturated rings. The molecule has 2 N–H and O–H groups in total. The fourth-order valence-corrected chi connectivity index (χ4v) is 2.08. The van der Waals surface area contributed by atoms with Crippen LogP contribution in [-0.2, 0) is 4.79 Å². The molecule has 2 amide bonds. The summed E-state index contributed by atoms with van der Waals surface area (Å²) >= 11 is 0. The zero-order valence-corrected chi connectivity index (χ0v) is 13.0. The van der Waals surface area contributed by atoms with Gasteiger partial charge in [-0.2, -0.15) is 0 Å². The molecule has 1 aromatic carbocycles. The van der Waals surface area contributed by atoms with Gasteiger partial charge in [-0.25, -0.2) is 0 Å². The van der Waals surface area contributed by atoms with E-state index in [1.165, 1.54) is 7.11 Å². The van der Waals surface area contributed by atoms with E-state index in [4.69, 9.17) is 4.74 Å². The van der Waals surface area contributed by atoms with E-state index in [-0.39, 0.29) is 11.8 Å². The number of methoxy groups -OCH3 is 1. The molecule has 21 heavy (non-hydrogen) atoms. The number of hydrogen-bond acceptors (Lipinski definition) is 4. The van der Waals surface area contributed by atoms with Gasteiger partial charge in [-0.1, -0.05) is 19.1 Å². The number of hydrogen-bond donors (Lipinski definition) is 2. The van der Waals surface area contributed by atoms with Crippen LogP contribution in [0.2, 0.25) is 0 Å². The van der Waals surface area contributed by atoms with Gasteiger partial charge in [-0.15, -0.1) is 0 Å². The van der Waals surface area contributed by atoms with Gasteiger partial charge in [0.25, 0.3) is 5.91 Å². The molecule has 0 aliphatic carbocycles. The molecule has 0 aliphatic rings. The molecule has 0 aliphatic heterocycles. The van der Waals surface area contributed by atoms with Gasteiger partial charge >= 0.3 is 0 Å². The molecule has 116 valence electrons. The van der Waals surface area contributed by atoms with E-state index in [1.807, 2.05) is 25.9 Å². The molecule has 0 aromatic heterocycles. The largest absolute Gasteiger partial charge is 0.496 e. The summed E-state index contributed by atoms with van der Waals surface area (Å²) in [5.74, 6) is 0.0575. The van der Waals surface area contributed by atoms with Crippen LogP contribution in [-0.4, -0.2) is 44.5 Å². The average Bonchev–Trinajstić information content (AvgIpc) is 2.43. The Labute approximate surface area is 125 Å². The van der Waals surface area contributed by atoms with Gasteiger partial charge in [0.15, 0.2) is 0 Å². The fourth-order valence-electron chi connectivity index (χ4n) is 2.08. The van der Waals surface area contributed by atoms with E-state index < -0.39 is 5.91 Å². The van der Waals surface area contributed by atoms with E-state index in [0.717, 1.165) is 6.54 Å². The third kappa shape index (κ3) is 5.83. The monoisotopic (exact) mass is 293 g/mol. The predicted molar refractivity (Wildman–Crippen MR) is 80.9 cm³/mol. The number of nitrogens with one attached hydrogen (secondary N) is 2. The second-order valence-corrected chi connectivity index (χ2v) is 5.27. The Bertz CT molecular complexity index is 489. The first kappa shape index (κ1) is 17.0. The van der Waals surface area contributed by atoms with E-state index >= 15 is 0 Å². The van der Waals surface area contributed by atoms with Crippen molar-refractivity contribution in [3.8, 4) is 5.75 Å². The quantitative estimate of drug-likeness (QED) is 0.769. The number of benzene rings is 1. The standard InChI is InChI=1S/C15H23N3O3/c1-11(10-18(2)3)9-14(19)16-17-15(20)12-7-5-6-8-13(12)21-4/h5-8,11H,9-10H2,1-4H3,(H,16,19)(H,17,20). The van der Waals surface area contributed by atoms with E-state index in [9.17, 15) is 9.59 Å². The van der Waals surface area contributed by atoms with Crippen molar-refractivity contribution < 1.29 is 14.3 Å². The average molecular weight is 293 g/mol. The number of para-hydroxylation sites is 1. The first-order chi connectivity index (χ1) is 9.93. The van der Waals surface area contributed by atoms with Crippen LogP contribution in [0.15, 0.2) is 24.3 Å². The summed E-state index contributed by atoms with van der Waals surface area (Å²) in [6.45, 7) is 2.80. The molecule has 1 unspecified atom stereocenters. The first-order valence-corrected chi connectivity index (χ1v) is 6.81. The molecule has 0 bridgehead atoms. The fraction of sp³-hybridized carbons (Fsp3) is 0.467. The molecular formula is C15H23N3O3. The number of hydrazine groups is 1. The van der Waals surface area contributed by atoms with Crippen LogP contribution in [0.4, 0.5) is 0 Å². The van der Waals surface area contributed by atoms with Crippen LogP contribution in [0.25, 0.3) is 0 Å². The molecule has 6 nitrogen and oxygen atoms in total. The number of carbonyl (C=O) groups is 2. The third-order valence-corrected chi connectivity index (χ3v) is 2.88. The molecule has 0 saturated carbocycles. The predicted octanol–water partition coefficient (Wildman–Crippen LogP) is 1.04. The van der Waals surface area contributed by atoms with Crippen molar-refractivity contribution in [2.45, 2.75) is 13.3 Å². The van der Waals surface area contributed by atoms with Crippen molar-refractivity contribution in [3.63, 3.8) is 0 Å². The summed E-state index contributed by atoms with van der Waals surface area (Å²) in [4.78, 5) is 25.7. The van der Waals surface area contributed by atoms with Gasteiger partial charge in [-0.05, 0) is 32.1 Å². The van der Waals surface area contributed by atoms with E-state index in [1.54, 1.807) is 24.3 Å². The highest BCUT2D eigenvalue weighted by atomic mass is 16.5. The van der Waals surface area contributed by atoms with Gasteiger partial charge in [0.1, 0.15) is 5.75 Å². The van der Waals surface area contributed by atoms with E-state index in [0.29, 0.717) is 17.7 Å². The van der Waals surface area contributed by atoms with Gasteiger partial charge < -0.3 is 9.64 Å². The number of nitrogens with zero attached hydrogens (tertiary/aromatic N) is 1. The highest BCUT2D eigenvalue weighted by Gasteiger charge is 2.14. The van der Waals surface area contributed by atoms with Gasteiger partial charge in [0, 0.05) is 13.0 Å². The van der Waals surface area contributed by atoms with Crippen molar-refractivity contribution in [1.29, 1.82) is 0 Å². The molecule has 0 spiro atoms. The summed E-state index contributed by atoms with van der Waals surface area (Å²) in [6, 6.07) is 6.83. The van der Waals surface area contributed by atoms with Crippen LogP contribution in [0.5, 0.6) is 5.75 Å². The second kappa shape index (κ2) is 8.26. The lowest BCUT2D eigenvalue weighted by molar-refractivity contribution is -0.122. The molecular weight excluding hydrogens is 270 g/mol. The van der Waals surface area contributed by atoms with Crippen molar-refractivity contribution >= 4 is 11.8 Å². The molecule has 0 saturated heterocycles. The van der Waals surface area contributed by atoms with Gasteiger partial charge in [0.2, 0.25) is 5.91 Å². The lowest BCUT2D eigenvalue weighted by Crippen LogP contribution is -2.42. The molecule has 1 aromatic rings. The lowest BCUT2D eigenvalue weighted by Gasteiger charge is -2.16. The summed E-state index contributed by atoms with van der Waals surface area (Å²) in [6.07, 6.45) is 0.352. The molecule has 0 heterocycles. The van der Waals surface area contributed by atoms with Crippen LogP contribution in [0.1, 0.15) is 23.7 Å².